The third kappa shape index (κ3) is 4.21. The van der Waals surface area contributed by atoms with Gasteiger partial charge in [-0.25, -0.2) is 0 Å². The number of benzene rings is 7. The lowest BCUT2D eigenvalue weighted by Gasteiger charge is -2.26. The first-order chi connectivity index (χ1) is 22.3. The van der Waals surface area contributed by atoms with E-state index in [-0.39, 0.29) is 0 Å². The maximum atomic E-state index is 6.36. The molecule has 3 heteroatoms. The summed E-state index contributed by atoms with van der Waals surface area (Å²) in [4.78, 5) is 2.32. The van der Waals surface area contributed by atoms with Crippen LogP contribution in [0.1, 0.15) is 0 Å². The van der Waals surface area contributed by atoms with E-state index in [1.165, 1.54) is 11.1 Å². The first-order valence-corrected chi connectivity index (χ1v) is 15.2. The van der Waals surface area contributed by atoms with Gasteiger partial charge in [-0.1, -0.05) is 115 Å². The van der Waals surface area contributed by atoms with E-state index in [1.807, 2.05) is 36.4 Å². The third-order valence-electron chi connectivity index (χ3n) is 8.69. The Bertz CT molecular complexity index is 2470. The van der Waals surface area contributed by atoms with Crippen molar-refractivity contribution in [1.29, 1.82) is 0 Å². The molecule has 3 nitrogen and oxygen atoms in total. The SMILES string of the molecule is c1ccc(-c2ccc(N(c3ccc(-c4cccc5c4oc4ccccc45)cc3)c3cccc4oc5ccccc5c34)cc2)cc1. The lowest BCUT2D eigenvalue weighted by molar-refractivity contribution is 0.669. The van der Waals surface area contributed by atoms with Gasteiger partial charge in [0.15, 0.2) is 0 Å². The predicted octanol–water partition coefficient (Wildman–Crippen LogP) is 12.3. The van der Waals surface area contributed by atoms with Gasteiger partial charge in [0.2, 0.25) is 0 Å². The van der Waals surface area contributed by atoms with Crippen LogP contribution in [0.2, 0.25) is 0 Å². The van der Waals surface area contributed by atoms with Crippen LogP contribution in [0.15, 0.2) is 173 Å². The van der Waals surface area contributed by atoms with Crippen molar-refractivity contribution < 1.29 is 8.83 Å². The molecule has 0 spiro atoms. The number of fused-ring (bicyclic) bond motifs is 6. The summed E-state index contributed by atoms with van der Waals surface area (Å²) in [5.74, 6) is 0. The van der Waals surface area contributed by atoms with Crippen molar-refractivity contribution >= 4 is 60.9 Å². The van der Waals surface area contributed by atoms with Crippen LogP contribution >= 0.6 is 0 Å². The third-order valence-corrected chi connectivity index (χ3v) is 8.69. The molecule has 212 valence electrons. The fourth-order valence-electron chi connectivity index (χ4n) is 6.57. The highest BCUT2D eigenvalue weighted by Gasteiger charge is 2.20. The van der Waals surface area contributed by atoms with Gasteiger partial charge in [-0.2, -0.15) is 0 Å². The van der Waals surface area contributed by atoms with Gasteiger partial charge >= 0.3 is 0 Å². The Morgan fingerprint density at radius 3 is 1.67 bits per heavy atom. The van der Waals surface area contributed by atoms with Crippen LogP contribution in [0.3, 0.4) is 0 Å². The van der Waals surface area contributed by atoms with Crippen LogP contribution in [0.5, 0.6) is 0 Å². The van der Waals surface area contributed by atoms with Gasteiger partial charge in [0.05, 0.1) is 11.1 Å². The Labute approximate surface area is 260 Å². The van der Waals surface area contributed by atoms with E-state index in [9.17, 15) is 0 Å². The van der Waals surface area contributed by atoms with Gasteiger partial charge in [-0.05, 0) is 65.2 Å². The molecular formula is C42H27NO2. The van der Waals surface area contributed by atoms with E-state index < -0.39 is 0 Å². The Balaban J connectivity index is 1.20. The molecular weight excluding hydrogens is 550 g/mol. The number of hydrogen-bond acceptors (Lipinski definition) is 3. The number of anilines is 3. The van der Waals surface area contributed by atoms with E-state index in [0.717, 1.165) is 72.1 Å². The van der Waals surface area contributed by atoms with Crippen molar-refractivity contribution in [2.24, 2.45) is 0 Å². The molecule has 45 heavy (non-hydrogen) atoms. The zero-order valence-corrected chi connectivity index (χ0v) is 24.4. The number of para-hydroxylation sites is 3. The molecule has 0 amide bonds. The summed E-state index contributed by atoms with van der Waals surface area (Å²) < 4.78 is 12.7. The molecule has 0 aliphatic carbocycles. The zero-order chi connectivity index (χ0) is 29.7. The fraction of sp³-hybridized carbons (Fsp3) is 0. The highest BCUT2D eigenvalue weighted by molar-refractivity contribution is 6.13. The van der Waals surface area contributed by atoms with Crippen LogP contribution in [-0.2, 0) is 0 Å². The van der Waals surface area contributed by atoms with Gasteiger partial charge in [0.25, 0.3) is 0 Å². The largest absolute Gasteiger partial charge is 0.456 e. The minimum absolute atomic E-state index is 0.868. The van der Waals surface area contributed by atoms with Crippen LogP contribution in [0, 0.1) is 0 Å². The van der Waals surface area contributed by atoms with Crippen LogP contribution in [0.25, 0.3) is 66.1 Å². The van der Waals surface area contributed by atoms with E-state index in [1.54, 1.807) is 0 Å². The summed E-state index contributed by atoms with van der Waals surface area (Å²) in [6, 6.07) is 57.2. The summed E-state index contributed by atoms with van der Waals surface area (Å²) in [6.07, 6.45) is 0. The minimum Gasteiger partial charge on any atom is -0.456 e. The summed E-state index contributed by atoms with van der Waals surface area (Å²) in [5.41, 5.74) is 11.3. The highest BCUT2D eigenvalue weighted by Crippen LogP contribution is 2.44. The first kappa shape index (κ1) is 25.4. The fourth-order valence-corrected chi connectivity index (χ4v) is 6.57. The topological polar surface area (TPSA) is 29.5 Å². The van der Waals surface area contributed by atoms with E-state index in [4.69, 9.17) is 8.83 Å². The van der Waals surface area contributed by atoms with Crippen molar-refractivity contribution in [3.8, 4) is 22.3 Å². The van der Waals surface area contributed by atoms with Gasteiger partial charge in [0.1, 0.15) is 22.3 Å². The second-order valence-corrected chi connectivity index (χ2v) is 11.3. The van der Waals surface area contributed by atoms with Gasteiger partial charge in [0, 0.05) is 33.1 Å². The summed E-state index contributed by atoms with van der Waals surface area (Å²) in [5, 5.41) is 4.46. The lowest BCUT2D eigenvalue weighted by atomic mass is 10.0. The predicted molar refractivity (Wildman–Crippen MR) is 187 cm³/mol. The van der Waals surface area contributed by atoms with Crippen molar-refractivity contribution in [2.45, 2.75) is 0 Å². The molecule has 0 bridgehead atoms. The molecule has 0 fully saturated rings. The molecule has 0 unspecified atom stereocenters. The molecule has 0 aliphatic rings. The lowest BCUT2D eigenvalue weighted by Crippen LogP contribution is -2.10. The van der Waals surface area contributed by atoms with E-state index in [0.29, 0.717) is 0 Å². The van der Waals surface area contributed by atoms with Crippen molar-refractivity contribution in [3.63, 3.8) is 0 Å². The Kier molecular flexibility index (Phi) is 5.82. The number of rotatable bonds is 5. The quantitative estimate of drug-likeness (QED) is 0.204. The summed E-state index contributed by atoms with van der Waals surface area (Å²) >= 11 is 0. The summed E-state index contributed by atoms with van der Waals surface area (Å²) in [6.45, 7) is 0. The highest BCUT2D eigenvalue weighted by atomic mass is 16.3. The molecule has 0 radical (unpaired) electrons. The second kappa shape index (κ2) is 10.3. The first-order valence-electron chi connectivity index (χ1n) is 15.2. The average Bonchev–Trinajstić information content (AvgIpc) is 3.69. The molecule has 7 aromatic carbocycles. The normalized spacial score (nSPS) is 11.6. The molecule has 9 aromatic rings. The van der Waals surface area contributed by atoms with Crippen LogP contribution < -0.4 is 4.90 Å². The summed E-state index contributed by atoms with van der Waals surface area (Å²) in [7, 11) is 0. The number of nitrogens with zero attached hydrogens (tertiary/aromatic N) is 1. The smallest absolute Gasteiger partial charge is 0.143 e. The van der Waals surface area contributed by atoms with Gasteiger partial charge in [-0.3, -0.25) is 0 Å². The molecule has 0 aliphatic heterocycles. The van der Waals surface area contributed by atoms with E-state index >= 15 is 0 Å². The van der Waals surface area contributed by atoms with Crippen molar-refractivity contribution in [3.05, 3.63) is 164 Å². The maximum absolute atomic E-state index is 6.36. The number of furan rings is 2. The minimum atomic E-state index is 0.868. The monoisotopic (exact) mass is 577 g/mol. The molecule has 2 heterocycles. The van der Waals surface area contributed by atoms with Crippen LogP contribution in [-0.4, -0.2) is 0 Å². The second-order valence-electron chi connectivity index (χ2n) is 11.3. The Morgan fingerprint density at radius 1 is 0.356 bits per heavy atom. The average molecular weight is 578 g/mol. The molecule has 0 saturated heterocycles. The molecule has 0 N–H and O–H groups in total. The molecule has 2 aromatic heterocycles. The molecule has 9 rings (SSSR count). The Morgan fingerprint density at radius 2 is 0.911 bits per heavy atom. The Hall–Kier alpha value is -6.06. The van der Waals surface area contributed by atoms with Crippen molar-refractivity contribution in [2.75, 3.05) is 4.90 Å². The van der Waals surface area contributed by atoms with Crippen LogP contribution in [0.4, 0.5) is 17.1 Å². The van der Waals surface area contributed by atoms with Crippen molar-refractivity contribution in [1.82, 2.24) is 0 Å². The molecule has 0 atom stereocenters. The molecule has 0 saturated carbocycles. The van der Waals surface area contributed by atoms with E-state index in [2.05, 4.69) is 132 Å². The number of hydrogen-bond donors (Lipinski definition) is 0. The maximum Gasteiger partial charge on any atom is 0.143 e. The van der Waals surface area contributed by atoms with Gasteiger partial charge < -0.3 is 13.7 Å². The zero-order valence-electron chi connectivity index (χ0n) is 24.4. The van der Waals surface area contributed by atoms with Gasteiger partial charge in [-0.15, -0.1) is 0 Å². The standard InChI is InChI=1S/C42H27NO2/c1-2-10-28(11-3-1)29-20-24-31(25-21-29)43(37-16-9-19-40-41(37)36-13-5-7-18-39(36)44-40)32-26-22-30(23-27-32)33-14-8-15-35-34-12-4-6-17-38(34)45-42(33)35/h1-27H.